The number of aliphatic hydroxyl groups is 1. The molecule has 1 heterocycles. The zero-order chi connectivity index (χ0) is 13.5. The molecule has 1 aromatic carbocycles. The van der Waals surface area contributed by atoms with Crippen LogP contribution in [-0.4, -0.2) is 33.8 Å². The highest BCUT2D eigenvalue weighted by molar-refractivity contribution is 5.13. The first kappa shape index (κ1) is 13.7. The van der Waals surface area contributed by atoms with Gasteiger partial charge in [-0.3, -0.25) is 4.68 Å². The first-order chi connectivity index (χ1) is 9.25. The summed E-state index contributed by atoms with van der Waals surface area (Å²) >= 11 is 0. The lowest BCUT2D eigenvalue weighted by atomic mass is 10.2. The Hall–Kier alpha value is -1.72. The number of halogens is 1. The maximum atomic E-state index is 13.7. The van der Waals surface area contributed by atoms with E-state index in [2.05, 4.69) is 5.10 Å². The highest BCUT2D eigenvalue weighted by Crippen LogP contribution is 2.06. The Kier molecular flexibility index (Phi) is 5.06. The fraction of sp³-hybridized carbons (Fsp3) is 0.357. The lowest BCUT2D eigenvalue weighted by Crippen LogP contribution is -2.31. The van der Waals surface area contributed by atoms with Crippen LogP contribution in [0.1, 0.15) is 5.56 Å². The molecule has 2 aromatic rings. The van der Waals surface area contributed by atoms with Crippen molar-refractivity contribution in [3.8, 4) is 0 Å². The van der Waals surface area contributed by atoms with Crippen molar-refractivity contribution >= 4 is 0 Å². The van der Waals surface area contributed by atoms with Crippen LogP contribution >= 0.6 is 0 Å². The summed E-state index contributed by atoms with van der Waals surface area (Å²) < 4.78 is 20.4. The number of aromatic nitrogens is 2. The molecule has 2 rings (SSSR count). The average Bonchev–Trinajstić information content (AvgIpc) is 2.92. The van der Waals surface area contributed by atoms with Gasteiger partial charge < -0.3 is 9.84 Å². The van der Waals surface area contributed by atoms with E-state index in [0.29, 0.717) is 6.61 Å². The van der Waals surface area contributed by atoms with E-state index in [1.54, 1.807) is 18.5 Å². The second kappa shape index (κ2) is 7.01. The largest absolute Gasteiger partial charge is 0.388 e. The maximum Gasteiger partial charge on any atom is 0.151 e. The Labute approximate surface area is 111 Å². The van der Waals surface area contributed by atoms with Crippen LogP contribution in [0.5, 0.6) is 0 Å². The molecular formula is C14H17FN2O2. The van der Waals surface area contributed by atoms with Crippen LogP contribution in [0.15, 0.2) is 48.8 Å². The van der Waals surface area contributed by atoms with Crippen molar-refractivity contribution in [2.45, 2.75) is 25.4 Å². The third-order valence-corrected chi connectivity index (χ3v) is 2.74. The lowest BCUT2D eigenvalue weighted by Gasteiger charge is -2.16. The van der Waals surface area contributed by atoms with E-state index in [-0.39, 0.29) is 13.2 Å². The fourth-order valence-electron chi connectivity index (χ4n) is 1.69. The molecule has 0 saturated heterocycles. The number of hydrogen-bond acceptors (Lipinski definition) is 3. The number of hydrogen-bond donors (Lipinski definition) is 1. The molecule has 0 amide bonds. The molecule has 102 valence electrons. The molecule has 0 saturated carbocycles. The Morgan fingerprint density at radius 2 is 2.05 bits per heavy atom. The van der Waals surface area contributed by atoms with E-state index in [1.165, 1.54) is 4.68 Å². The van der Waals surface area contributed by atoms with E-state index >= 15 is 0 Å². The Balaban J connectivity index is 1.70. The second-order valence-electron chi connectivity index (χ2n) is 4.31. The number of alkyl halides is 1. The second-order valence-corrected chi connectivity index (χ2v) is 4.31. The molecule has 5 heteroatoms. The predicted octanol–water partition coefficient (Wildman–Crippen LogP) is 1.80. The molecule has 2 unspecified atom stereocenters. The molecule has 1 N–H and O–H groups in total. The number of aliphatic hydroxyl groups excluding tert-OH is 1. The van der Waals surface area contributed by atoms with Gasteiger partial charge in [0.2, 0.25) is 0 Å². The minimum Gasteiger partial charge on any atom is -0.388 e. The van der Waals surface area contributed by atoms with Crippen LogP contribution in [-0.2, 0) is 17.9 Å². The minimum atomic E-state index is -1.42. The van der Waals surface area contributed by atoms with Gasteiger partial charge in [0, 0.05) is 12.4 Å². The first-order valence-corrected chi connectivity index (χ1v) is 6.17. The highest BCUT2D eigenvalue weighted by Gasteiger charge is 2.19. The van der Waals surface area contributed by atoms with Crippen molar-refractivity contribution in [2.75, 3.05) is 6.61 Å². The highest BCUT2D eigenvalue weighted by atomic mass is 19.1. The minimum absolute atomic E-state index is 0.128. The molecule has 4 nitrogen and oxygen atoms in total. The normalized spacial score (nSPS) is 14.2. The van der Waals surface area contributed by atoms with Gasteiger partial charge in [0.25, 0.3) is 0 Å². The Bertz CT molecular complexity index is 462. The van der Waals surface area contributed by atoms with Crippen molar-refractivity contribution in [3.63, 3.8) is 0 Å². The third-order valence-electron chi connectivity index (χ3n) is 2.74. The zero-order valence-corrected chi connectivity index (χ0v) is 10.5. The van der Waals surface area contributed by atoms with Gasteiger partial charge in [0.15, 0.2) is 6.17 Å². The van der Waals surface area contributed by atoms with Crippen LogP contribution in [0.25, 0.3) is 0 Å². The van der Waals surface area contributed by atoms with E-state index in [9.17, 15) is 9.50 Å². The number of benzene rings is 1. The molecule has 2 atom stereocenters. The van der Waals surface area contributed by atoms with E-state index in [4.69, 9.17) is 4.74 Å². The van der Waals surface area contributed by atoms with E-state index < -0.39 is 12.3 Å². The SMILES string of the molecule is OC(Cn1cccn1)C(F)COCc1ccccc1. The third kappa shape index (κ3) is 4.46. The first-order valence-electron chi connectivity index (χ1n) is 6.17. The summed E-state index contributed by atoms with van der Waals surface area (Å²) in [5, 5.41) is 13.6. The van der Waals surface area contributed by atoms with Gasteiger partial charge in [-0.15, -0.1) is 0 Å². The molecular weight excluding hydrogens is 247 g/mol. The maximum absolute atomic E-state index is 13.7. The van der Waals surface area contributed by atoms with Crippen LogP contribution < -0.4 is 0 Å². The summed E-state index contributed by atoms with van der Waals surface area (Å²) in [6.07, 6.45) is 0.732. The molecule has 0 aliphatic heterocycles. The van der Waals surface area contributed by atoms with Gasteiger partial charge in [0.1, 0.15) is 6.10 Å². The molecule has 0 aliphatic rings. The van der Waals surface area contributed by atoms with Gasteiger partial charge in [-0.25, -0.2) is 4.39 Å². The summed E-state index contributed by atoms with van der Waals surface area (Å²) in [7, 11) is 0. The van der Waals surface area contributed by atoms with Gasteiger partial charge in [-0.2, -0.15) is 5.10 Å². The van der Waals surface area contributed by atoms with Gasteiger partial charge in [-0.1, -0.05) is 30.3 Å². The van der Waals surface area contributed by atoms with Crippen LogP contribution in [0.2, 0.25) is 0 Å². The summed E-state index contributed by atoms with van der Waals surface area (Å²) in [5.74, 6) is 0. The molecule has 0 bridgehead atoms. The molecule has 0 spiro atoms. The summed E-state index contributed by atoms with van der Waals surface area (Å²) in [4.78, 5) is 0. The number of nitrogens with zero attached hydrogens (tertiary/aromatic N) is 2. The zero-order valence-electron chi connectivity index (χ0n) is 10.5. The monoisotopic (exact) mass is 264 g/mol. The van der Waals surface area contributed by atoms with Gasteiger partial charge >= 0.3 is 0 Å². The van der Waals surface area contributed by atoms with Crippen LogP contribution in [0.3, 0.4) is 0 Å². The summed E-state index contributed by atoms with van der Waals surface area (Å²) in [6.45, 7) is 0.343. The molecule has 0 radical (unpaired) electrons. The van der Waals surface area contributed by atoms with Crippen LogP contribution in [0, 0.1) is 0 Å². The molecule has 1 aromatic heterocycles. The van der Waals surface area contributed by atoms with Crippen molar-refractivity contribution in [1.29, 1.82) is 0 Å². The number of ether oxygens (including phenoxy) is 1. The lowest BCUT2D eigenvalue weighted by molar-refractivity contribution is -0.00636. The van der Waals surface area contributed by atoms with Crippen LogP contribution in [0.4, 0.5) is 4.39 Å². The van der Waals surface area contributed by atoms with Gasteiger partial charge in [-0.05, 0) is 11.6 Å². The van der Waals surface area contributed by atoms with Crippen molar-refractivity contribution in [1.82, 2.24) is 9.78 Å². The predicted molar refractivity (Wildman–Crippen MR) is 69.2 cm³/mol. The summed E-state index contributed by atoms with van der Waals surface area (Å²) in [6, 6.07) is 11.3. The van der Waals surface area contributed by atoms with E-state index in [1.807, 2.05) is 30.3 Å². The molecule has 0 aliphatic carbocycles. The molecule has 0 fully saturated rings. The fourth-order valence-corrected chi connectivity index (χ4v) is 1.69. The Morgan fingerprint density at radius 1 is 1.26 bits per heavy atom. The topological polar surface area (TPSA) is 47.3 Å². The quantitative estimate of drug-likeness (QED) is 0.829. The van der Waals surface area contributed by atoms with E-state index in [0.717, 1.165) is 5.56 Å². The van der Waals surface area contributed by atoms with Crippen molar-refractivity contribution < 1.29 is 14.2 Å². The van der Waals surface area contributed by atoms with Gasteiger partial charge in [0.05, 0.1) is 19.8 Å². The average molecular weight is 264 g/mol. The standard InChI is InChI=1S/C14H17FN2O2/c15-13(14(18)9-17-8-4-7-16-17)11-19-10-12-5-2-1-3-6-12/h1-8,13-14,18H,9-11H2. The smallest absolute Gasteiger partial charge is 0.151 e. The summed E-state index contributed by atoms with van der Waals surface area (Å²) in [5.41, 5.74) is 0.983. The molecule has 19 heavy (non-hydrogen) atoms. The number of rotatable bonds is 7. The van der Waals surface area contributed by atoms with Crippen molar-refractivity contribution in [3.05, 3.63) is 54.4 Å². The Morgan fingerprint density at radius 3 is 2.74 bits per heavy atom. The van der Waals surface area contributed by atoms with Crippen molar-refractivity contribution in [2.24, 2.45) is 0 Å².